The molecular weight excluding hydrogens is 528 g/mol. The molecule has 2 fully saturated rings. The minimum atomic E-state index is -3.88. The first-order valence-corrected chi connectivity index (χ1v) is 12.8. The predicted molar refractivity (Wildman–Crippen MR) is 121 cm³/mol. The van der Waals surface area contributed by atoms with Gasteiger partial charge >= 0.3 is 0 Å². The van der Waals surface area contributed by atoms with Gasteiger partial charge in [0.1, 0.15) is 0 Å². The minimum absolute atomic E-state index is 0.0107. The van der Waals surface area contributed by atoms with Crippen LogP contribution in [0, 0.1) is 23.5 Å². The Balaban J connectivity index is 1.65. The van der Waals surface area contributed by atoms with E-state index in [2.05, 4.69) is 21.2 Å². The second-order valence-corrected chi connectivity index (χ2v) is 12.1. The van der Waals surface area contributed by atoms with E-state index < -0.39 is 38.2 Å². The Kier molecular flexibility index (Phi) is 6.15. The lowest BCUT2D eigenvalue weighted by molar-refractivity contribution is -0.0413. The number of fused-ring (bicyclic) bond motifs is 2. The molecule has 0 spiro atoms. The Morgan fingerprint density at radius 3 is 2.38 bits per heavy atom. The maximum absolute atomic E-state index is 13.5. The highest BCUT2D eigenvalue weighted by atomic mass is 79.9. The molecule has 0 aromatic heterocycles. The zero-order chi connectivity index (χ0) is 23.4. The fourth-order valence-electron chi connectivity index (χ4n) is 4.89. The van der Waals surface area contributed by atoms with Crippen molar-refractivity contribution in [3.8, 4) is 0 Å². The van der Waals surface area contributed by atoms with Gasteiger partial charge in [-0.1, -0.05) is 11.6 Å². The summed E-state index contributed by atoms with van der Waals surface area (Å²) in [6.45, 7) is 1.77. The van der Waals surface area contributed by atoms with Crippen molar-refractivity contribution in [3.05, 3.63) is 57.0 Å². The average Bonchev–Trinajstić information content (AvgIpc) is 2.87. The van der Waals surface area contributed by atoms with Crippen molar-refractivity contribution >= 4 is 49.0 Å². The zero-order valence-corrected chi connectivity index (χ0v) is 20.2. The van der Waals surface area contributed by atoms with Crippen molar-refractivity contribution in [2.24, 2.45) is 11.8 Å². The molecule has 2 aliphatic carbocycles. The Morgan fingerprint density at radius 1 is 1.16 bits per heavy atom. The zero-order valence-electron chi connectivity index (χ0n) is 17.0. The number of aliphatic hydroxyl groups is 1. The molecule has 2 aromatic carbocycles. The first-order valence-electron chi connectivity index (χ1n) is 10.1. The number of amides is 1. The van der Waals surface area contributed by atoms with E-state index in [1.54, 1.807) is 6.92 Å². The van der Waals surface area contributed by atoms with Crippen molar-refractivity contribution in [3.63, 3.8) is 0 Å². The molecule has 0 heterocycles. The third-order valence-electron chi connectivity index (χ3n) is 6.80. The third kappa shape index (κ3) is 4.08. The van der Waals surface area contributed by atoms with Crippen LogP contribution in [0.2, 0.25) is 5.02 Å². The molecular formula is C22H21BrClF2NO4S. The molecule has 172 valence electrons. The van der Waals surface area contributed by atoms with Crippen LogP contribution in [-0.2, 0) is 9.84 Å². The van der Waals surface area contributed by atoms with Gasteiger partial charge in [0.15, 0.2) is 21.5 Å². The van der Waals surface area contributed by atoms with E-state index in [-0.39, 0.29) is 37.5 Å². The smallest absolute Gasteiger partial charge is 0.256 e. The van der Waals surface area contributed by atoms with Crippen LogP contribution in [0.25, 0.3) is 0 Å². The summed E-state index contributed by atoms with van der Waals surface area (Å²) in [6.07, 6.45) is 2.21. The number of nitrogens with one attached hydrogen (secondary N) is 1. The lowest BCUT2D eigenvalue weighted by Gasteiger charge is -2.40. The van der Waals surface area contributed by atoms with Gasteiger partial charge in [-0.25, -0.2) is 17.2 Å². The summed E-state index contributed by atoms with van der Waals surface area (Å²) in [5, 5.41) is 12.4. The van der Waals surface area contributed by atoms with Crippen molar-refractivity contribution < 1.29 is 27.1 Å². The number of hydrogen-bond acceptors (Lipinski definition) is 4. The SMILES string of the molecule is C[C@@]1(O)C2CC[C@@H]1C[C@@H](S(=O)(=O)c1cc(C(=O)Nc3ccc(F)c(F)c3)c(Br)cc1Cl)C2. The standard InChI is InChI=1S/C22H21BrClF2NO4S/c1-22(29)11-2-3-12(22)7-14(6-11)32(30,31)20-9-15(16(23)10-17(20)24)21(28)27-13-4-5-18(25)19(26)8-13/h4-5,8-12,14,29H,2-3,6-7H2,1H3,(H,27,28)/t11-,12?,14-,22+/m1/s1. The molecule has 0 radical (unpaired) electrons. The largest absolute Gasteiger partial charge is 0.390 e. The maximum Gasteiger partial charge on any atom is 0.256 e. The molecule has 10 heteroatoms. The fraction of sp³-hybridized carbons (Fsp3) is 0.409. The van der Waals surface area contributed by atoms with Crippen molar-refractivity contribution in [1.82, 2.24) is 0 Å². The monoisotopic (exact) mass is 547 g/mol. The molecule has 32 heavy (non-hydrogen) atoms. The number of rotatable bonds is 4. The van der Waals surface area contributed by atoms with E-state index in [0.29, 0.717) is 12.8 Å². The maximum atomic E-state index is 13.5. The lowest BCUT2D eigenvalue weighted by Crippen LogP contribution is -2.45. The molecule has 4 rings (SSSR count). The van der Waals surface area contributed by atoms with Crippen LogP contribution in [0.1, 0.15) is 43.0 Å². The molecule has 5 nitrogen and oxygen atoms in total. The summed E-state index contributed by atoms with van der Waals surface area (Å²) in [6, 6.07) is 5.44. The molecule has 1 unspecified atom stereocenters. The van der Waals surface area contributed by atoms with Crippen LogP contribution in [-0.4, -0.2) is 30.3 Å². The number of benzene rings is 2. The summed E-state index contributed by atoms with van der Waals surface area (Å²) >= 11 is 9.49. The minimum Gasteiger partial charge on any atom is -0.390 e. The molecule has 2 aromatic rings. The van der Waals surface area contributed by atoms with Gasteiger partial charge in [-0.2, -0.15) is 0 Å². The Labute approximate surface area is 198 Å². The normalized spacial score (nSPS) is 27.4. The summed E-state index contributed by atoms with van der Waals surface area (Å²) in [5.41, 5.74) is -0.861. The summed E-state index contributed by atoms with van der Waals surface area (Å²) < 4.78 is 53.8. The van der Waals surface area contributed by atoms with E-state index in [0.717, 1.165) is 25.0 Å². The predicted octanol–water partition coefficient (Wildman–Crippen LogP) is 5.35. The van der Waals surface area contributed by atoms with Crippen molar-refractivity contribution in [1.29, 1.82) is 0 Å². The summed E-state index contributed by atoms with van der Waals surface area (Å²) in [5.74, 6) is -3.09. The highest BCUT2D eigenvalue weighted by molar-refractivity contribution is 9.10. The van der Waals surface area contributed by atoms with E-state index in [1.165, 1.54) is 18.2 Å². The molecule has 2 N–H and O–H groups in total. The van der Waals surface area contributed by atoms with Gasteiger partial charge in [0.2, 0.25) is 0 Å². The first-order chi connectivity index (χ1) is 14.9. The molecule has 2 aliphatic rings. The molecule has 0 aliphatic heterocycles. The second kappa shape index (κ2) is 8.34. The number of halogens is 4. The molecule has 4 atom stereocenters. The van der Waals surface area contributed by atoms with Crippen molar-refractivity contribution in [2.45, 2.75) is 48.4 Å². The highest BCUT2D eigenvalue weighted by Gasteiger charge is 2.53. The molecule has 2 bridgehead atoms. The first kappa shape index (κ1) is 23.6. The molecule has 1 amide bonds. The number of carbonyl (C=O) groups is 1. The van der Waals surface area contributed by atoms with Gasteiger partial charge < -0.3 is 10.4 Å². The van der Waals surface area contributed by atoms with Crippen LogP contribution in [0.3, 0.4) is 0 Å². The van der Waals surface area contributed by atoms with Crippen LogP contribution in [0.5, 0.6) is 0 Å². The quantitative estimate of drug-likeness (QED) is 0.540. The Hall–Kier alpha value is -1.55. The van der Waals surface area contributed by atoms with E-state index in [1.807, 2.05) is 0 Å². The third-order valence-corrected chi connectivity index (χ3v) is 10.1. The van der Waals surface area contributed by atoms with Gasteiger partial charge in [-0.3, -0.25) is 4.79 Å². The van der Waals surface area contributed by atoms with Gasteiger partial charge in [0.25, 0.3) is 5.91 Å². The number of anilines is 1. The number of hydrogen-bond donors (Lipinski definition) is 2. The van der Waals surface area contributed by atoms with Crippen LogP contribution >= 0.6 is 27.5 Å². The average molecular weight is 549 g/mol. The Morgan fingerprint density at radius 2 is 1.78 bits per heavy atom. The second-order valence-electron chi connectivity index (χ2n) is 8.68. The lowest BCUT2D eigenvalue weighted by atomic mass is 9.76. The summed E-state index contributed by atoms with van der Waals surface area (Å²) in [4.78, 5) is 12.6. The van der Waals surface area contributed by atoms with Crippen LogP contribution in [0.15, 0.2) is 39.7 Å². The fourth-order valence-corrected chi connectivity index (χ4v) is 7.98. The van der Waals surface area contributed by atoms with Crippen LogP contribution < -0.4 is 5.32 Å². The number of sulfone groups is 1. The highest BCUT2D eigenvalue weighted by Crippen LogP contribution is 2.52. The topological polar surface area (TPSA) is 83.5 Å². The van der Waals surface area contributed by atoms with Gasteiger partial charge in [-0.15, -0.1) is 0 Å². The van der Waals surface area contributed by atoms with Gasteiger partial charge in [-0.05, 0) is 84.6 Å². The van der Waals surface area contributed by atoms with E-state index in [4.69, 9.17) is 11.6 Å². The van der Waals surface area contributed by atoms with Crippen LogP contribution in [0.4, 0.5) is 14.5 Å². The van der Waals surface area contributed by atoms with E-state index >= 15 is 0 Å². The number of carbonyl (C=O) groups excluding carboxylic acids is 1. The molecule has 0 saturated heterocycles. The molecule has 2 saturated carbocycles. The summed E-state index contributed by atoms with van der Waals surface area (Å²) in [7, 11) is -3.88. The Bertz CT molecular complexity index is 1190. The van der Waals surface area contributed by atoms with Gasteiger partial charge in [0.05, 0.1) is 26.3 Å². The van der Waals surface area contributed by atoms with Crippen molar-refractivity contribution in [2.75, 3.05) is 5.32 Å². The van der Waals surface area contributed by atoms with E-state index in [9.17, 15) is 27.1 Å². The van der Waals surface area contributed by atoms with Gasteiger partial charge in [0, 0.05) is 16.2 Å².